The molecule has 0 amide bonds. The third-order valence-corrected chi connectivity index (χ3v) is 7.77. The molecule has 0 aromatic carbocycles. The maximum atomic E-state index is 12.8. The summed E-state index contributed by atoms with van der Waals surface area (Å²) in [6, 6.07) is 0. The number of ether oxygens (including phenoxy) is 1. The molecule has 7 atom stereocenters. The van der Waals surface area contributed by atoms with Crippen molar-refractivity contribution in [3.05, 3.63) is 0 Å². The van der Waals surface area contributed by atoms with Crippen LogP contribution in [-0.4, -0.2) is 45.2 Å². The number of Topliss-reactive ketones (excluding diaryl/α,β-unsaturated/α-hetero) is 1. The summed E-state index contributed by atoms with van der Waals surface area (Å²) in [6.45, 7) is 5.54. The summed E-state index contributed by atoms with van der Waals surface area (Å²) in [7, 11) is 0. The first-order valence-corrected chi connectivity index (χ1v) is 7.42. The van der Waals surface area contributed by atoms with Gasteiger partial charge in [-0.2, -0.15) is 0 Å². The van der Waals surface area contributed by atoms with Crippen molar-refractivity contribution in [2.75, 3.05) is 6.61 Å². The first kappa shape index (κ1) is 13.2. The Balaban J connectivity index is 2.10. The molecule has 4 aliphatic carbocycles. The summed E-state index contributed by atoms with van der Waals surface area (Å²) in [6.07, 6.45) is 0.201. The second-order valence-corrected chi connectivity index (χ2v) is 7.79. The zero-order valence-electron chi connectivity index (χ0n) is 12.1. The van der Waals surface area contributed by atoms with Gasteiger partial charge in [0.2, 0.25) is 5.79 Å². The van der Waals surface area contributed by atoms with Crippen LogP contribution in [0.1, 0.15) is 40.0 Å². The lowest BCUT2D eigenvalue weighted by molar-refractivity contribution is -0.368. The summed E-state index contributed by atoms with van der Waals surface area (Å²) in [4.78, 5) is 12.8. The maximum absolute atomic E-state index is 12.8. The van der Waals surface area contributed by atoms with Crippen molar-refractivity contribution in [3.63, 3.8) is 0 Å². The van der Waals surface area contributed by atoms with Gasteiger partial charge in [0.1, 0.15) is 11.9 Å². The van der Waals surface area contributed by atoms with Crippen LogP contribution in [0.5, 0.6) is 0 Å². The molecule has 112 valence electrons. The maximum Gasteiger partial charge on any atom is 0.206 e. The monoisotopic (exact) mass is 282 g/mol. The Hall–Kier alpha value is -0.490. The summed E-state index contributed by atoms with van der Waals surface area (Å²) in [5.74, 6) is -1.99. The molecule has 3 N–H and O–H groups in total. The highest BCUT2D eigenvalue weighted by molar-refractivity contribution is 5.91. The molecular weight excluding hydrogens is 260 g/mol. The first-order valence-electron chi connectivity index (χ1n) is 7.42. The Morgan fingerprint density at radius 2 is 1.95 bits per heavy atom. The topological polar surface area (TPSA) is 87.0 Å². The van der Waals surface area contributed by atoms with Crippen LogP contribution in [0.4, 0.5) is 0 Å². The fourth-order valence-corrected chi connectivity index (χ4v) is 6.15. The summed E-state index contributed by atoms with van der Waals surface area (Å²) in [5.41, 5.74) is -4.25. The number of rotatable bonds is 0. The first-order chi connectivity index (χ1) is 9.12. The molecule has 5 heteroatoms. The Morgan fingerprint density at radius 1 is 1.30 bits per heavy atom. The van der Waals surface area contributed by atoms with Gasteiger partial charge in [-0.1, -0.05) is 13.8 Å². The number of carbonyl (C=O) groups excluding carboxylic acids is 1. The Kier molecular flexibility index (Phi) is 1.98. The average molecular weight is 282 g/mol. The van der Waals surface area contributed by atoms with E-state index >= 15 is 0 Å². The number of aliphatic hydroxyl groups is 3. The standard InChI is InChI=1S/C15H22O5/c1-8-4-5-14(18)11(2)7-20-15(19)10(17)13(8,14)6-9(16)12(11,15)3/h8,10,17-19H,4-7H2,1-3H3/t8-,10-,11-,12-,13+,14+,15+/m1/s1. The molecule has 4 saturated carbocycles. The normalized spacial score (nSPS) is 67.6. The van der Waals surface area contributed by atoms with Gasteiger partial charge >= 0.3 is 0 Å². The summed E-state index contributed by atoms with van der Waals surface area (Å²) >= 11 is 0. The average Bonchev–Trinajstić information content (AvgIpc) is 2.77. The lowest BCUT2D eigenvalue weighted by Crippen LogP contribution is -2.83. The Bertz CT molecular complexity index is 534. The van der Waals surface area contributed by atoms with E-state index in [0.29, 0.717) is 6.42 Å². The van der Waals surface area contributed by atoms with E-state index in [4.69, 9.17) is 4.74 Å². The van der Waals surface area contributed by atoms with Crippen LogP contribution in [0.3, 0.4) is 0 Å². The molecule has 1 aliphatic heterocycles. The zero-order valence-corrected chi connectivity index (χ0v) is 12.1. The number of aliphatic hydroxyl groups excluding tert-OH is 1. The molecule has 0 aromatic rings. The van der Waals surface area contributed by atoms with Gasteiger partial charge in [-0.05, 0) is 25.7 Å². The van der Waals surface area contributed by atoms with Crippen molar-refractivity contribution < 1.29 is 24.9 Å². The SMILES string of the molecule is C[C@@H]1CC[C@@]2(O)[C@@]13CC(=O)[C@]1(C)[C@@]2(C)CO[C@@]1(O)[C@@H]3O. The van der Waals surface area contributed by atoms with Crippen LogP contribution in [0, 0.1) is 22.2 Å². The summed E-state index contributed by atoms with van der Waals surface area (Å²) < 4.78 is 5.56. The number of fused-ring (bicyclic) bond motifs is 1. The summed E-state index contributed by atoms with van der Waals surface area (Å²) in [5, 5.41) is 33.3. The Labute approximate surface area is 117 Å². The second kappa shape index (κ2) is 3.00. The smallest absolute Gasteiger partial charge is 0.206 e. The van der Waals surface area contributed by atoms with Crippen LogP contribution in [0.15, 0.2) is 0 Å². The predicted molar refractivity (Wildman–Crippen MR) is 68.5 cm³/mol. The van der Waals surface area contributed by atoms with Crippen molar-refractivity contribution in [1.29, 1.82) is 0 Å². The van der Waals surface area contributed by atoms with Crippen LogP contribution in [-0.2, 0) is 9.53 Å². The molecule has 0 aromatic heterocycles. The lowest BCUT2D eigenvalue weighted by Gasteiger charge is -2.69. The van der Waals surface area contributed by atoms with Crippen molar-refractivity contribution in [2.45, 2.75) is 57.5 Å². The molecule has 5 fully saturated rings. The fourth-order valence-electron chi connectivity index (χ4n) is 6.15. The van der Waals surface area contributed by atoms with Crippen LogP contribution in [0.25, 0.3) is 0 Å². The van der Waals surface area contributed by atoms with Crippen molar-refractivity contribution in [3.8, 4) is 0 Å². The minimum Gasteiger partial charge on any atom is -0.388 e. The third-order valence-electron chi connectivity index (χ3n) is 7.77. The van der Waals surface area contributed by atoms with Crippen molar-refractivity contribution in [2.24, 2.45) is 22.2 Å². The van der Waals surface area contributed by atoms with Crippen LogP contribution in [0.2, 0.25) is 0 Å². The van der Waals surface area contributed by atoms with E-state index in [0.717, 1.165) is 6.42 Å². The van der Waals surface area contributed by atoms with E-state index in [9.17, 15) is 20.1 Å². The minimum absolute atomic E-state index is 0.0242. The molecular formula is C15H22O5. The van der Waals surface area contributed by atoms with Gasteiger partial charge in [-0.25, -0.2) is 0 Å². The van der Waals surface area contributed by atoms with Gasteiger partial charge in [0.05, 0.1) is 17.6 Å². The minimum atomic E-state index is -1.87. The molecule has 5 nitrogen and oxygen atoms in total. The molecule has 5 rings (SSSR count). The second-order valence-electron chi connectivity index (χ2n) is 7.79. The third kappa shape index (κ3) is 0.794. The molecule has 1 spiro atoms. The molecule has 0 radical (unpaired) electrons. The molecule has 5 aliphatic rings. The molecule has 4 bridgehead atoms. The lowest BCUT2D eigenvalue weighted by atomic mass is 9.35. The molecule has 20 heavy (non-hydrogen) atoms. The fraction of sp³-hybridized carbons (Fsp3) is 0.933. The zero-order chi connectivity index (χ0) is 14.8. The van der Waals surface area contributed by atoms with E-state index in [1.807, 2.05) is 13.8 Å². The van der Waals surface area contributed by atoms with Gasteiger partial charge in [0.15, 0.2) is 0 Å². The number of carbonyl (C=O) groups is 1. The van der Waals surface area contributed by atoms with E-state index in [-0.39, 0.29) is 24.7 Å². The molecule has 0 unspecified atom stereocenters. The quantitative estimate of drug-likeness (QED) is 0.591. The number of hydrogen-bond donors (Lipinski definition) is 3. The van der Waals surface area contributed by atoms with E-state index in [1.165, 1.54) is 0 Å². The van der Waals surface area contributed by atoms with Gasteiger partial charge in [-0.3, -0.25) is 4.79 Å². The van der Waals surface area contributed by atoms with Gasteiger partial charge < -0.3 is 20.1 Å². The van der Waals surface area contributed by atoms with Crippen LogP contribution < -0.4 is 0 Å². The highest BCUT2D eigenvalue weighted by atomic mass is 16.6. The van der Waals surface area contributed by atoms with Gasteiger partial charge in [-0.15, -0.1) is 0 Å². The van der Waals surface area contributed by atoms with Crippen molar-refractivity contribution in [1.82, 2.24) is 0 Å². The van der Waals surface area contributed by atoms with Crippen molar-refractivity contribution >= 4 is 5.78 Å². The highest BCUT2D eigenvalue weighted by Gasteiger charge is 2.91. The Morgan fingerprint density at radius 3 is 2.60 bits per heavy atom. The largest absolute Gasteiger partial charge is 0.388 e. The van der Waals surface area contributed by atoms with Gasteiger partial charge in [0.25, 0.3) is 0 Å². The molecule has 1 saturated heterocycles. The van der Waals surface area contributed by atoms with E-state index < -0.39 is 33.7 Å². The van der Waals surface area contributed by atoms with Gasteiger partial charge in [0, 0.05) is 17.3 Å². The number of ketones is 1. The predicted octanol–water partition coefficient (Wildman–Crippen LogP) is 0.212. The van der Waals surface area contributed by atoms with E-state index in [2.05, 4.69) is 0 Å². The molecule has 1 heterocycles. The van der Waals surface area contributed by atoms with Crippen LogP contribution >= 0.6 is 0 Å². The highest BCUT2D eigenvalue weighted by Crippen LogP contribution is 2.79. The number of hydrogen-bond acceptors (Lipinski definition) is 5. The van der Waals surface area contributed by atoms with E-state index in [1.54, 1.807) is 6.92 Å².